The van der Waals surface area contributed by atoms with E-state index in [0.29, 0.717) is 22.6 Å². The fourth-order valence-electron chi connectivity index (χ4n) is 4.83. The van der Waals surface area contributed by atoms with Crippen molar-refractivity contribution in [2.75, 3.05) is 31.1 Å². The van der Waals surface area contributed by atoms with Gasteiger partial charge in [-0.1, -0.05) is 6.07 Å². The van der Waals surface area contributed by atoms with Crippen LogP contribution in [0.4, 0.5) is 11.4 Å². The number of nitrogens with zero attached hydrogens (tertiary/aromatic N) is 3. The van der Waals surface area contributed by atoms with Crippen LogP contribution in [0, 0.1) is 0 Å². The normalized spacial score (nSPS) is 10.6. The van der Waals surface area contributed by atoms with Gasteiger partial charge in [-0.05, 0) is 70.2 Å². The first-order chi connectivity index (χ1) is 17.5. The molecular formula is C29H30ClN3O3S. The van der Waals surface area contributed by atoms with Crippen molar-refractivity contribution in [3.63, 3.8) is 0 Å². The molecule has 4 rings (SSSR count). The van der Waals surface area contributed by atoms with Crippen molar-refractivity contribution in [3.05, 3.63) is 65.5 Å². The number of aromatic carboxylic acids is 1. The van der Waals surface area contributed by atoms with E-state index < -0.39 is 5.97 Å². The Kier molecular flexibility index (Phi) is 9.22. The predicted octanol–water partition coefficient (Wildman–Crippen LogP) is 3.30. The fraction of sp³-hybridized carbons (Fsp3) is 0.276. The molecule has 0 saturated carbocycles. The van der Waals surface area contributed by atoms with E-state index in [4.69, 9.17) is 16.6 Å². The summed E-state index contributed by atoms with van der Waals surface area (Å²) in [5.41, 5.74) is 4.39. The number of hydrogen-bond acceptors (Lipinski definition) is 5. The number of carbonyl (C=O) groups is 1. The lowest BCUT2D eigenvalue weighted by Gasteiger charge is -2.23. The third-order valence-electron chi connectivity index (χ3n) is 6.64. The molecule has 0 bridgehead atoms. The second-order valence-electron chi connectivity index (χ2n) is 8.39. The third-order valence-corrected chi connectivity index (χ3v) is 6.73. The number of halogens is 1. The Morgan fingerprint density at radius 1 is 1.03 bits per heavy atom. The highest BCUT2D eigenvalue weighted by molar-refractivity contribution is 7.78. The van der Waals surface area contributed by atoms with E-state index in [9.17, 15) is 9.90 Å². The van der Waals surface area contributed by atoms with Crippen LogP contribution in [0.15, 0.2) is 64.0 Å². The molecule has 1 aliphatic carbocycles. The molecule has 0 spiro atoms. The largest absolute Gasteiger partial charge is 1.00 e. The summed E-state index contributed by atoms with van der Waals surface area (Å²) in [6.45, 7) is 11.9. The number of thiocarbonyl (C=S) groups is 1. The van der Waals surface area contributed by atoms with Crippen LogP contribution in [0.5, 0.6) is 0 Å². The van der Waals surface area contributed by atoms with Crippen LogP contribution in [-0.4, -0.2) is 42.4 Å². The van der Waals surface area contributed by atoms with E-state index in [-0.39, 0.29) is 18.0 Å². The summed E-state index contributed by atoms with van der Waals surface area (Å²) in [7, 11) is 0. The minimum absolute atomic E-state index is 0. The van der Waals surface area contributed by atoms with Gasteiger partial charge in [0.2, 0.25) is 5.36 Å². The van der Waals surface area contributed by atoms with Crippen LogP contribution in [0.3, 0.4) is 0 Å². The maximum absolute atomic E-state index is 12.3. The Morgan fingerprint density at radius 2 is 1.76 bits per heavy atom. The first-order valence-electron chi connectivity index (χ1n) is 12.2. The number of isothiocyanates is 1. The summed E-state index contributed by atoms with van der Waals surface area (Å²) in [5, 5.41) is 14.4. The van der Waals surface area contributed by atoms with Crippen LogP contribution >= 0.6 is 12.2 Å². The van der Waals surface area contributed by atoms with Gasteiger partial charge in [-0.15, -0.1) is 0 Å². The minimum atomic E-state index is -1.03. The Labute approximate surface area is 228 Å². The van der Waals surface area contributed by atoms with Gasteiger partial charge in [-0.3, -0.25) is 0 Å². The zero-order valence-electron chi connectivity index (χ0n) is 21.4. The molecule has 6 nitrogen and oxygen atoms in total. The second-order valence-corrected chi connectivity index (χ2v) is 8.57. The smallest absolute Gasteiger partial charge is 0.336 e. The molecule has 1 N–H and O–H groups in total. The van der Waals surface area contributed by atoms with E-state index >= 15 is 0 Å². The molecule has 192 valence electrons. The summed E-state index contributed by atoms with van der Waals surface area (Å²) < 4.78 is 8.75. The summed E-state index contributed by atoms with van der Waals surface area (Å²) in [6, 6.07) is 17.2. The maximum atomic E-state index is 12.3. The van der Waals surface area contributed by atoms with E-state index in [2.05, 4.69) is 59.5 Å². The molecule has 37 heavy (non-hydrogen) atoms. The third kappa shape index (κ3) is 5.30. The summed E-state index contributed by atoms with van der Waals surface area (Å²) in [4.78, 5) is 18.8. The number of carboxylic acids is 1. The van der Waals surface area contributed by atoms with Gasteiger partial charge in [-0.25, -0.2) is 9.37 Å². The zero-order valence-corrected chi connectivity index (χ0v) is 23.0. The predicted molar refractivity (Wildman–Crippen MR) is 150 cm³/mol. The van der Waals surface area contributed by atoms with Crippen LogP contribution in [0.25, 0.3) is 33.4 Å². The molecular weight excluding hydrogens is 506 g/mol. The molecule has 0 amide bonds. The molecule has 0 unspecified atom stereocenters. The van der Waals surface area contributed by atoms with Crippen molar-refractivity contribution in [1.82, 2.24) is 4.58 Å². The quantitative estimate of drug-likeness (QED) is 0.162. The SMILES string of the molecule is CCN(CC)c1ccc2c(-c3c(N=C=S)cccc3C(=O)O)c3ccc(=[N+](CC)CC)cc-3oc2c1.[Cl-]. The summed E-state index contributed by atoms with van der Waals surface area (Å²) in [5.74, 6) is -0.357. The van der Waals surface area contributed by atoms with Gasteiger partial charge >= 0.3 is 5.97 Å². The highest BCUT2D eigenvalue weighted by Gasteiger charge is 2.25. The molecule has 2 aromatic carbocycles. The molecule has 0 saturated heterocycles. The van der Waals surface area contributed by atoms with Gasteiger partial charge in [0.15, 0.2) is 0 Å². The second kappa shape index (κ2) is 12.2. The molecule has 8 heteroatoms. The summed E-state index contributed by atoms with van der Waals surface area (Å²) in [6.07, 6.45) is 0. The van der Waals surface area contributed by atoms with Crippen molar-refractivity contribution >= 4 is 45.7 Å². The first kappa shape index (κ1) is 28.1. The van der Waals surface area contributed by atoms with E-state index in [1.807, 2.05) is 24.3 Å². The number of fused-ring (bicyclic) bond motifs is 2. The monoisotopic (exact) mass is 535 g/mol. The van der Waals surface area contributed by atoms with Crippen molar-refractivity contribution < 1.29 is 26.7 Å². The topological polar surface area (TPSA) is 69.1 Å². The number of carboxylic acid groups (broad SMARTS) is 1. The Bertz CT molecular complexity index is 1510. The van der Waals surface area contributed by atoms with E-state index in [1.54, 1.807) is 18.2 Å². The molecule has 1 heterocycles. The standard InChI is InChI=1S/C29H29N3O3S.ClH/c1-5-31(6-2)19-12-14-21-25(16-19)35-26-17-20(32(7-3)8-4)13-15-22(26)27(21)28-23(29(33)34)10-9-11-24(28)30-18-36;/h9-17H,5-8H2,1-4H3;1H. The van der Waals surface area contributed by atoms with Crippen molar-refractivity contribution in [3.8, 4) is 22.5 Å². The van der Waals surface area contributed by atoms with Gasteiger partial charge in [0.25, 0.3) is 0 Å². The lowest BCUT2D eigenvalue weighted by molar-refractivity contribution is -0.0000232. The minimum Gasteiger partial charge on any atom is -1.00 e. The Balaban J connectivity index is 0.00000380. The van der Waals surface area contributed by atoms with E-state index in [1.165, 1.54) is 0 Å². The molecule has 1 aliphatic heterocycles. The Hall–Kier alpha value is -3.51. The van der Waals surface area contributed by atoms with Crippen molar-refractivity contribution in [2.45, 2.75) is 27.7 Å². The number of hydrogen-bond donors (Lipinski definition) is 1. The van der Waals surface area contributed by atoms with Crippen LogP contribution in [0.1, 0.15) is 38.1 Å². The molecule has 0 aromatic heterocycles. The number of anilines is 1. The number of rotatable bonds is 8. The van der Waals surface area contributed by atoms with Crippen molar-refractivity contribution in [1.29, 1.82) is 0 Å². The average Bonchev–Trinajstić information content (AvgIpc) is 2.89. The molecule has 2 aromatic rings. The first-order valence-corrected chi connectivity index (χ1v) is 12.7. The van der Waals surface area contributed by atoms with Crippen LogP contribution in [-0.2, 0) is 0 Å². The van der Waals surface area contributed by atoms with Crippen molar-refractivity contribution in [2.24, 2.45) is 4.99 Å². The highest BCUT2D eigenvalue weighted by Crippen LogP contribution is 2.45. The zero-order chi connectivity index (χ0) is 25.8. The summed E-state index contributed by atoms with van der Waals surface area (Å²) >= 11 is 4.90. The van der Waals surface area contributed by atoms with E-state index in [0.717, 1.165) is 53.7 Å². The average molecular weight is 536 g/mol. The molecule has 0 radical (unpaired) electrons. The van der Waals surface area contributed by atoms with Gasteiger partial charge in [0, 0.05) is 53.0 Å². The van der Waals surface area contributed by atoms with Gasteiger partial charge < -0.3 is 26.8 Å². The number of aliphatic imine (C=N–C) groups is 1. The fourth-order valence-corrected chi connectivity index (χ4v) is 4.93. The Morgan fingerprint density at radius 3 is 2.38 bits per heavy atom. The van der Waals surface area contributed by atoms with Gasteiger partial charge in [-0.2, -0.15) is 4.99 Å². The van der Waals surface area contributed by atoms with Crippen LogP contribution in [0.2, 0.25) is 0 Å². The maximum Gasteiger partial charge on any atom is 0.336 e. The molecule has 0 fully saturated rings. The molecule has 2 aliphatic rings. The van der Waals surface area contributed by atoms with Crippen LogP contribution < -0.4 is 27.2 Å². The number of benzene rings is 3. The molecule has 0 atom stereocenters. The lowest BCUT2D eigenvalue weighted by Crippen LogP contribution is -3.00. The van der Waals surface area contributed by atoms with Gasteiger partial charge in [0.05, 0.1) is 22.5 Å². The highest BCUT2D eigenvalue weighted by atomic mass is 35.5. The lowest BCUT2D eigenvalue weighted by atomic mass is 9.89. The van der Waals surface area contributed by atoms with Gasteiger partial charge in [0.1, 0.15) is 24.4 Å².